The number of aliphatic hydroxyl groups excluding tert-OH is 5. The van der Waals surface area contributed by atoms with Gasteiger partial charge in [-0.2, -0.15) is 0 Å². The molecule has 0 bridgehead atoms. The van der Waals surface area contributed by atoms with Gasteiger partial charge in [-0.3, -0.25) is 9.59 Å². The van der Waals surface area contributed by atoms with Crippen LogP contribution in [-0.2, 0) is 23.8 Å². The van der Waals surface area contributed by atoms with E-state index in [4.69, 9.17) is 14.2 Å². The topological polar surface area (TPSA) is 175 Å². The molecule has 0 aliphatic carbocycles. The van der Waals surface area contributed by atoms with Gasteiger partial charge in [0, 0.05) is 6.42 Å². The molecule has 1 saturated heterocycles. The van der Waals surface area contributed by atoms with Crippen molar-refractivity contribution >= 4 is 11.9 Å². The van der Waals surface area contributed by atoms with E-state index in [0.29, 0.717) is 19.3 Å². The number of ether oxygens (including phenoxy) is 3. The Hall–Kier alpha value is -2.38. The average Bonchev–Trinajstić information content (AvgIpc) is 3.52. The Morgan fingerprint density at radius 3 is 1.27 bits per heavy atom. The van der Waals surface area contributed by atoms with E-state index in [-0.39, 0.29) is 13.0 Å². The molecule has 0 aromatic heterocycles. The maximum absolute atomic E-state index is 13.5. The fraction of sp³-hybridized carbons (Fsp3) is 0.861. The largest absolute Gasteiger partial charge is 0.454 e. The summed E-state index contributed by atoms with van der Waals surface area (Å²) in [6.07, 6.45) is 64.4. The Balaban J connectivity index is 2.55. The summed E-state index contributed by atoms with van der Waals surface area (Å²) in [7, 11) is 0. The first-order valence-electron chi connectivity index (χ1n) is 35.4. The summed E-state index contributed by atoms with van der Waals surface area (Å²) in [5.41, 5.74) is 0. The highest BCUT2D eigenvalue weighted by Gasteiger charge is 2.47. The minimum Gasteiger partial charge on any atom is -0.454 e. The van der Waals surface area contributed by atoms with Gasteiger partial charge in [-0.05, 0) is 83.5 Å². The van der Waals surface area contributed by atoms with Gasteiger partial charge in [-0.15, -0.1) is 0 Å². The summed E-state index contributed by atoms with van der Waals surface area (Å²) in [5.74, 6) is -1.19. The molecule has 6 N–H and O–H groups in total. The second kappa shape index (κ2) is 59.9. The van der Waals surface area contributed by atoms with Crippen molar-refractivity contribution in [1.29, 1.82) is 0 Å². The Bertz CT molecular complexity index is 1540. The van der Waals surface area contributed by atoms with E-state index in [0.717, 1.165) is 64.2 Å². The predicted molar refractivity (Wildman–Crippen MR) is 347 cm³/mol. The van der Waals surface area contributed by atoms with Crippen LogP contribution in [0.4, 0.5) is 0 Å². The lowest BCUT2D eigenvalue weighted by atomic mass is 9.99. The average molecular weight is 1170 g/mol. The number of allylic oxidation sites excluding steroid dienone is 7. The van der Waals surface area contributed by atoms with Crippen LogP contribution in [0.15, 0.2) is 48.6 Å². The van der Waals surface area contributed by atoms with Crippen molar-refractivity contribution in [2.75, 3.05) is 13.2 Å². The van der Waals surface area contributed by atoms with Crippen molar-refractivity contribution in [3.63, 3.8) is 0 Å². The molecule has 0 radical (unpaired) electrons. The third-order valence-electron chi connectivity index (χ3n) is 16.7. The molecular formula is C72H133NO10. The van der Waals surface area contributed by atoms with E-state index < -0.39 is 67.4 Å². The molecule has 1 fully saturated rings. The number of nitrogens with one attached hydrogen (secondary N) is 1. The number of unbranched alkanes of at least 4 members (excludes halogenated alkanes) is 41. The van der Waals surface area contributed by atoms with Crippen molar-refractivity contribution in [3.05, 3.63) is 48.6 Å². The first-order chi connectivity index (χ1) is 40.7. The number of rotatable bonds is 61. The number of hydrogen-bond acceptors (Lipinski definition) is 10. The van der Waals surface area contributed by atoms with Crippen LogP contribution in [0.25, 0.3) is 0 Å². The zero-order valence-corrected chi connectivity index (χ0v) is 54.1. The van der Waals surface area contributed by atoms with E-state index >= 15 is 0 Å². The fourth-order valence-corrected chi connectivity index (χ4v) is 11.1. The molecule has 1 heterocycles. The van der Waals surface area contributed by atoms with E-state index in [1.165, 1.54) is 225 Å². The second-order valence-corrected chi connectivity index (χ2v) is 24.6. The summed E-state index contributed by atoms with van der Waals surface area (Å²) in [6.45, 7) is 5.79. The van der Waals surface area contributed by atoms with Gasteiger partial charge in [0.1, 0.15) is 24.4 Å². The zero-order valence-electron chi connectivity index (χ0n) is 54.1. The molecule has 8 atom stereocenters. The quantitative estimate of drug-likeness (QED) is 0.0195. The van der Waals surface area contributed by atoms with Gasteiger partial charge in [0.2, 0.25) is 5.91 Å². The van der Waals surface area contributed by atoms with E-state index in [1.807, 2.05) is 6.08 Å². The maximum Gasteiger partial charge on any atom is 0.306 e. The monoisotopic (exact) mass is 1170 g/mol. The minimum atomic E-state index is -1.61. The number of carbonyl (C=O) groups excluding carboxylic acids is 2. The van der Waals surface area contributed by atoms with Gasteiger partial charge < -0.3 is 45.1 Å². The van der Waals surface area contributed by atoms with Gasteiger partial charge in [0.15, 0.2) is 12.4 Å². The van der Waals surface area contributed by atoms with Gasteiger partial charge in [0.05, 0.1) is 25.4 Å². The number of carbonyl (C=O) groups is 2. The van der Waals surface area contributed by atoms with Crippen molar-refractivity contribution in [2.24, 2.45) is 0 Å². The summed E-state index contributed by atoms with van der Waals surface area (Å²) >= 11 is 0. The predicted octanol–water partition coefficient (Wildman–Crippen LogP) is 18.0. The molecule has 0 spiro atoms. The minimum absolute atomic E-state index is 0.123. The number of hydrogen-bond donors (Lipinski definition) is 6. The standard InChI is InChI=1S/C72H133NO10/c1-4-7-10-13-16-19-22-24-26-28-30-31-32-33-34-36-37-39-41-44-47-50-53-56-59-65(76)71(80)73-63(64(75)58-55-52-49-46-43-21-18-15-12-9-6-3)62-81-72-70(69(79)68(78)66(61-74)82-72)83-67(77)60-57-54-51-48-45-42-40-38-35-29-27-25-23-20-17-14-11-8-5-2/h16,19,24-27,55,58,63-66,68-70,72,74-76,78-79H,4-15,17-18,20-23,28-54,56-57,59-62H2,1-3H3,(H,73,80)/b19-16-,26-24-,27-25+,58-55+. The molecule has 486 valence electrons. The molecular weight excluding hydrogens is 1040 g/mol. The third kappa shape index (κ3) is 47.4. The molecule has 11 heteroatoms. The zero-order chi connectivity index (χ0) is 60.3. The number of aliphatic hydroxyl groups is 5. The van der Waals surface area contributed by atoms with Crippen LogP contribution >= 0.6 is 0 Å². The Kier molecular flexibility index (Phi) is 56.8. The number of esters is 1. The van der Waals surface area contributed by atoms with Crippen LogP contribution < -0.4 is 5.32 Å². The van der Waals surface area contributed by atoms with E-state index in [2.05, 4.69) is 62.5 Å². The Morgan fingerprint density at radius 2 is 0.831 bits per heavy atom. The number of amides is 1. The van der Waals surface area contributed by atoms with Crippen LogP contribution in [0, 0.1) is 0 Å². The Morgan fingerprint density at radius 1 is 0.470 bits per heavy atom. The van der Waals surface area contributed by atoms with Crippen LogP contribution in [0.5, 0.6) is 0 Å². The highest BCUT2D eigenvalue weighted by atomic mass is 16.7. The van der Waals surface area contributed by atoms with Crippen molar-refractivity contribution in [1.82, 2.24) is 5.32 Å². The highest BCUT2D eigenvalue weighted by Crippen LogP contribution is 2.26. The van der Waals surface area contributed by atoms with Crippen LogP contribution in [0.2, 0.25) is 0 Å². The lowest BCUT2D eigenvalue weighted by Crippen LogP contribution is -2.61. The summed E-state index contributed by atoms with van der Waals surface area (Å²) in [4.78, 5) is 26.6. The molecule has 0 aromatic carbocycles. The molecule has 1 amide bonds. The third-order valence-corrected chi connectivity index (χ3v) is 16.7. The first kappa shape index (κ1) is 78.6. The van der Waals surface area contributed by atoms with Crippen molar-refractivity contribution in [3.8, 4) is 0 Å². The smallest absolute Gasteiger partial charge is 0.306 e. The molecule has 1 aliphatic rings. The molecule has 1 aliphatic heterocycles. The second-order valence-electron chi connectivity index (χ2n) is 24.6. The van der Waals surface area contributed by atoms with Gasteiger partial charge in [-0.1, -0.05) is 294 Å². The molecule has 8 unspecified atom stereocenters. The van der Waals surface area contributed by atoms with Gasteiger partial charge in [-0.25, -0.2) is 0 Å². The van der Waals surface area contributed by atoms with Crippen LogP contribution in [-0.4, -0.2) is 99.6 Å². The maximum atomic E-state index is 13.5. The highest BCUT2D eigenvalue weighted by molar-refractivity contribution is 5.80. The molecule has 0 aromatic rings. The van der Waals surface area contributed by atoms with Crippen LogP contribution in [0.1, 0.15) is 335 Å². The molecule has 11 nitrogen and oxygen atoms in total. The van der Waals surface area contributed by atoms with Gasteiger partial charge >= 0.3 is 5.97 Å². The normalized spacial score (nSPS) is 18.8. The summed E-state index contributed by atoms with van der Waals surface area (Å²) in [5, 5.41) is 57.2. The van der Waals surface area contributed by atoms with Crippen molar-refractivity contribution in [2.45, 2.75) is 384 Å². The van der Waals surface area contributed by atoms with Gasteiger partial charge in [0.25, 0.3) is 0 Å². The molecule has 0 saturated carbocycles. The van der Waals surface area contributed by atoms with Crippen molar-refractivity contribution < 1.29 is 49.3 Å². The Labute approximate surface area is 510 Å². The SMILES string of the molecule is CCCCC/C=C\C/C=C\CCCCCCCCCCCCCCCCC(O)C(=O)NC(COC1OC(CO)C(O)C(O)C1OC(=O)CCCCCCCCCCC/C=C/CCCCCCCC)C(O)/C=C/CCCCCCCCCCC. The van der Waals surface area contributed by atoms with E-state index in [1.54, 1.807) is 6.08 Å². The first-order valence-corrected chi connectivity index (χ1v) is 35.4. The fourth-order valence-electron chi connectivity index (χ4n) is 11.1. The molecule has 83 heavy (non-hydrogen) atoms. The lowest BCUT2D eigenvalue weighted by molar-refractivity contribution is -0.305. The summed E-state index contributed by atoms with van der Waals surface area (Å²) < 4.78 is 17.7. The lowest BCUT2D eigenvalue weighted by Gasteiger charge is -2.41. The van der Waals surface area contributed by atoms with Crippen LogP contribution in [0.3, 0.4) is 0 Å². The summed E-state index contributed by atoms with van der Waals surface area (Å²) in [6, 6.07) is -1.02. The molecule has 1 rings (SSSR count). The van der Waals surface area contributed by atoms with E-state index in [9.17, 15) is 35.1 Å².